The molecule has 0 aliphatic carbocycles. The number of nitrogens with zero attached hydrogens (tertiary/aromatic N) is 2. The first-order chi connectivity index (χ1) is 9.17. The molecule has 2 N–H and O–H groups in total. The molecule has 4 nitrogen and oxygen atoms in total. The minimum Gasteiger partial charge on any atom is -0.497 e. The number of rotatable bonds is 5. The van der Waals surface area contributed by atoms with E-state index in [1.807, 2.05) is 12.1 Å². The summed E-state index contributed by atoms with van der Waals surface area (Å²) in [5, 5.41) is 0. The number of benzene rings is 1. The highest BCUT2D eigenvalue weighted by molar-refractivity contribution is 5.27. The van der Waals surface area contributed by atoms with Crippen LogP contribution in [0.1, 0.15) is 5.56 Å². The Kier molecular flexibility index (Phi) is 5.19. The second-order valence-electron chi connectivity index (χ2n) is 5.42. The Morgan fingerprint density at radius 2 is 1.79 bits per heavy atom. The molecule has 1 aliphatic rings. The molecule has 1 fully saturated rings. The highest BCUT2D eigenvalue weighted by Crippen LogP contribution is 2.12. The quantitative estimate of drug-likeness (QED) is 0.854. The van der Waals surface area contributed by atoms with Crippen molar-refractivity contribution in [2.24, 2.45) is 5.73 Å². The topological polar surface area (TPSA) is 41.7 Å². The molecule has 1 aliphatic heterocycles. The van der Waals surface area contributed by atoms with E-state index in [-0.39, 0.29) is 6.04 Å². The number of ether oxygens (including phenoxy) is 1. The highest BCUT2D eigenvalue weighted by atomic mass is 16.5. The van der Waals surface area contributed by atoms with Gasteiger partial charge in [-0.05, 0) is 31.2 Å². The molecule has 1 unspecified atom stereocenters. The summed E-state index contributed by atoms with van der Waals surface area (Å²) in [7, 11) is 3.86. The predicted molar refractivity (Wildman–Crippen MR) is 78.6 cm³/mol. The van der Waals surface area contributed by atoms with Crippen LogP contribution in [0.3, 0.4) is 0 Å². The lowest BCUT2D eigenvalue weighted by atomic mass is 10.1. The van der Waals surface area contributed by atoms with E-state index in [2.05, 4.69) is 29.0 Å². The van der Waals surface area contributed by atoms with E-state index in [0.29, 0.717) is 0 Å². The van der Waals surface area contributed by atoms with E-state index in [1.165, 1.54) is 5.56 Å². The van der Waals surface area contributed by atoms with Crippen molar-refractivity contribution in [1.29, 1.82) is 0 Å². The van der Waals surface area contributed by atoms with E-state index in [0.717, 1.165) is 44.9 Å². The smallest absolute Gasteiger partial charge is 0.118 e. The SMILES string of the molecule is COc1ccc(CC(N)CN2CCN(C)CC2)cc1. The van der Waals surface area contributed by atoms with Crippen molar-refractivity contribution >= 4 is 0 Å². The van der Waals surface area contributed by atoms with Crippen LogP contribution >= 0.6 is 0 Å². The molecule has 0 amide bonds. The van der Waals surface area contributed by atoms with Crippen molar-refractivity contribution < 1.29 is 4.74 Å². The number of hydrogen-bond donors (Lipinski definition) is 1. The van der Waals surface area contributed by atoms with Gasteiger partial charge in [0.25, 0.3) is 0 Å². The van der Waals surface area contributed by atoms with Crippen LogP contribution in [0.2, 0.25) is 0 Å². The minimum absolute atomic E-state index is 0.205. The molecule has 0 spiro atoms. The molecule has 2 rings (SSSR count). The standard InChI is InChI=1S/C15H25N3O/c1-17-7-9-18(10-8-17)12-14(16)11-13-3-5-15(19-2)6-4-13/h3-6,14H,7-12,16H2,1-2H3. The Morgan fingerprint density at radius 1 is 1.16 bits per heavy atom. The Hall–Kier alpha value is -1.10. The van der Waals surface area contributed by atoms with E-state index in [1.54, 1.807) is 7.11 Å². The second kappa shape index (κ2) is 6.89. The van der Waals surface area contributed by atoms with Gasteiger partial charge in [0.15, 0.2) is 0 Å². The third-order valence-corrected chi connectivity index (χ3v) is 3.75. The van der Waals surface area contributed by atoms with E-state index >= 15 is 0 Å². The second-order valence-corrected chi connectivity index (χ2v) is 5.42. The fourth-order valence-electron chi connectivity index (χ4n) is 2.49. The molecule has 1 atom stereocenters. The number of methoxy groups -OCH3 is 1. The molecule has 4 heteroatoms. The molecule has 1 saturated heterocycles. The van der Waals surface area contributed by atoms with Crippen molar-refractivity contribution in [3.05, 3.63) is 29.8 Å². The zero-order valence-electron chi connectivity index (χ0n) is 12.0. The lowest BCUT2D eigenvalue weighted by Crippen LogP contribution is -2.49. The molecule has 1 aromatic carbocycles. The molecule has 1 aromatic rings. The van der Waals surface area contributed by atoms with Gasteiger partial charge in [0.1, 0.15) is 5.75 Å². The summed E-state index contributed by atoms with van der Waals surface area (Å²) in [5.41, 5.74) is 7.54. The van der Waals surface area contributed by atoms with Crippen molar-refractivity contribution in [3.63, 3.8) is 0 Å². The van der Waals surface area contributed by atoms with Crippen LogP contribution in [0.15, 0.2) is 24.3 Å². The summed E-state index contributed by atoms with van der Waals surface area (Å²) in [6.07, 6.45) is 0.927. The van der Waals surface area contributed by atoms with E-state index in [9.17, 15) is 0 Å². The van der Waals surface area contributed by atoms with Gasteiger partial charge in [0.05, 0.1) is 7.11 Å². The Labute approximate surface area is 116 Å². The fraction of sp³-hybridized carbons (Fsp3) is 0.600. The lowest BCUT2D eigenvalue weighted by Gasteiger charge is -2.33. The number of likely N-dealkylation sites (N-methyl/N-ethyl adjacent to an activating group) is 1. The van der Waals surface area contributed by atoms with Gasteiger partial charge in [-0.25, -0.2) is 0 Å². The molecule has 19 heavy (non-hydrogen) atoms. The molecule has 106 valence electrons. The Balaban J connectivity index is 1.78. The number of piperazine rings is 1. The van der Waals surface area contributed by atoms with Crippen molar-refractivity contribution in [2.75, 3.05) is 46.9 Å². The normalized spacial score (nSPS) is 19.3. The first kappa shape index (κ1) is 14.3. The molecule has 0 radical (unpaired) electrons. The van der Waals surface area contributed by atoms with Gasteiger partial charge in [0.2, 0.25) is 0 Å². The minimum atomic E-state index is 0.205. The zero-order chi connectivity index (χ0) is 13.7. The van der Waals surface area contributed by atoms with Crippen LogP contribution in [0.4, 0.5) is 0 Å². The first-order valence-corrected chi connectivity index (χ1v) is 6.97. The van der Waals surface area contributed by atoms with Crippen LogP contribution in [0.5, 0.6) is 5.75 Å². The van der Waals surface area contributed by atoms with Gasteiger partial charge in [-0.15, -0.1) is 0 Å². The van der Waals surface area contributed by atoms with E-state index < -0.39 is 0 Å². The van der Waals surface area contributed by atoms with Gasteiger partial charge < -0.3 is 15.4 Å². The van der Waals surface area contributed by atoms with Gasteiger partial charge in [-0.2, -0.15) is 0 Å². The summed E-state index contributed by atoms with van der Waals surface area (Å²) in [6.45, 7) is 5.55. The summed E-state index contributed by atoms with van der Waals surface area (Å²) >= 11 is 0. The van der Waals surface area contributed by atoms with Crippen molar-refractivity contribution in [3.8, 4) is 5.75 Å². The van der Waals surface area contributed by atoms with Gasteiger partial charge in [0, 0.05) is 38.8 Å². The number of hydrogen-bond acceptors (Lipinski definition) is 4. The van der Waals surface area contributed by atoms with Crippen LogP contribution in [0.25, 0.3) is 0 Å². The first-order valence-electron chi connectivity index (χ1n) is 6.97. The highest BCUT2D eigenvalue weighted by Gasteiger charge is 2.16. The monoisotopic (exact) mass is 263 g/mol. The van der Waals surface area contributed by atoms with Crippen molar-refractivity contribution in [1.82, 2.24) is 9.80 Å². The molecule has 0 aromatic heterocycles. The summed E-state index contributed by atoms with van der Waals surface area (Å²) in [4.78, 5) is 4.83. The fourth-order valence-corrected chi connectivity index (χ4v) is 2.49. The summed E-state index contributed by atoms with van der Waals surface area (Å²) in [5.74, 6) is 0.899. The molecule has 0 saturated carbocycles. The average Bonchev–Trinajstić information content (AvgIpc) is 2.42. The Bertz CT molecular complexity index is 371. The van der Waals surface area contributed by atoms with Gasteiger partial charge in [-0.3, -0.25) is 4.90 Å². The van der Waals surface area contributed by atoms with Crippen LogP contribution < -0.4 is 10.5 Å². The van der Waals surface area contributed by atoms with E-state index in [4.69, 9.17) is 10.5 Å². The van der Waals surface area contributed by atoms with Gasteiger partial charge >= 0.3 is 0 Å². The largest absolute Gasteiger partial charge is 0.497 e. The average molecular weight is 263 g/mol. The Morgan fingerprint density at radius 3 is 2.37 bits per heavy atom. The lowest BCUT2D eigenvalue weighted by molar-refractivity contribution is 0.147. The maximum atomic E-state index is 6.26. The van der Waals surface area contributed by atoms with Crippen LogP contribution in [0, 0.1) is 0 Å². The summed E-state index contributed by atoms with van der Waals surface area (Å²) < 4.78 is 5.16. The summed E-state index contributed by atoms with van der Waals surface area (Å²) in [6, 6.07) is 8.40. The third kappa shape index (κ3) is 4.49. The number of nitrogens with two attached hydrogens (primary N) is 1. The maximum Gasteiger partial charge on any atom is 0.118 e. The van der Waals surface area contributed by atoms with Crippen LogP contribution in [-0.2, 0) is 6.42 Å². The van der Waals surface area contributed by atoms with Crippen molar-refractivity contribution in [2.45, 2.75) is 12.5 Å². The molecular weight excluding hydrogens is 238 g/mol. The zero-order valence-corrected chi connectivity index (χ0v) is 12.0. The van der Waals surface area contributed by atoms with Gasteiger partial charge in [-0.1, -0.05) is 12.1 Å². The molecular formula is C15H25N3O. The van der Waals surface area contributed by atoms with Crippen LogP contribution in [-0.4, -0.2) is 62.7 Å². The molecule has 0 bridgehead atoms. The molecule has 1 heterocycles. The third-order valence-electron chi connectivity index (χ3n) is 3.75. The maximum absolute atomic E-state index is 6.26. The predicted octanol–water partition coefficient (Wildman–Crippen LogP) is 0.812.